The lowest BCUT2D eigenvalue weighted by Crippen LogP contribution is -2.05. The molecule has 3 heterocycles. The van der Waals surface area contributed by atoms with Crippen molar-refractivity contribution in [1.29, 1.82) is 0 Å². The van der Waals surface area contributed by atoms with Gasteiger partial charge in [-0.05, 0) is 24.3 Å². The predicted molar refractivity (Wildman–Crippen MR) is 69.7 cm³/mol. The number of rotatable bonds is 3. The van der Waals surface area contributed by atoms with E-state index in [2.05, 4.69) is 9.97 Å². The van der Waals surface area contributed by atoms with Crippen molar-refractivity contribution in [2.45, 2.75) is 6.42 Å². The van der Waals surface area contributed by atoms with E-state index in [9.17, 15) is 9.18 Å². The van der Waals surface area contributed by atoms with Crippen LogP contribution in [0.2, 0.25) is 0 Å². The Morgan fingerprint density at radius 2 is 2.20 bits per heavy atom. The summed E-state index contributed by atoms with van der Waals surface area (Å²) in [6.45, 7) is 0. The summed E-state index contributed by atoms with van der Waals surface area (Å²) in [5.74, 6) is -1.49. The quantitative estimate of drug-likeness (QED) is 0.792. The average molecular weight is 271 g/mol. The van der Waals surface area contributed by atoms with E-state index in [4.69, 9.17) is 5.11 Å². The molecule has 0 bridgehead atoms. The molecule has 0 aliphatic carbocycles. The highest BCUT2D eigenvalue weighted by atomic mass is 19.1. The van der Waals surface area contributed by atoms with Crippen LogP contribution < -0.4 is 0 Å². The second-order valence-corrected chi connectivity index (χ2v) is 4.27. The Morgan fingerprint density at radius 1 is 1.35 bits per heavy atom. The minimum absolute atomic E-state index is 0.114. The standard InChI is InChI=1S/C14H10FN3O2/c15-10-4-2-6-18-11(7-12(19)20)13(17-14(10)18)9-3-1-5-16-8-9/h1-6,8H,7H2,(H,19,20). The number of aromatic nitrogens is 3. The summed E-state index contributed by atoms with van der Waals surface area (Å²) in [4.78, 5) is 19.2. The number of carbonyl (C=O) groups is 1. The fourth-order valence-electron chi connectivity index (χ4n) is 2.13. The lowest BCUT2D eigenvalue weighted by Gasteiger charge is -2.02. The molecule has 3 rings (SSSR count). The normalized spacial score (nSPS) is 10.8. The van der Waals surface area contributed by atoms with E-state index in [1.54, 1.807) is 30.7 Å². The Hall–Kier alpha value is -2.76. The molecule has 0 amide bonds. The van der Waals surface area contributed by atoms with Crippen LogP contribution in [0, 0.1) is 5.82 Å². The van der Waals surface area contributed by atoms with Crippen molar-refractivity contribution in [2.24, 2.45) is 0 Å². The number of hydrogen-bond donors (Lipinski definition) is 1. The van der Waals surface area contributed by atoms with E-state index >= 15 is 0 Å². The van der Waals surface area contributed by atoms with E-state index in [0.717, 1.165) is 0 Å². The first-order valence-electron chi connectivity index (χ1n) is 5.94. The molecular formula is C14H10FN3O2. The van der Waals surface area contributed by atoms with Crippen molar-refractivity contribution in [3.8, 4) is 11.3 Å². The Bertz CT molecular complexity index is 784. The molecule has 0 aliphatic heterocycles. The molecule has 0 fully saturated rings. The highest BCUT2D eigenvalue weighted by Crippen LogP contribution is 2.25. The third-order valence-electron chi connectivity index (χ3n) is 2.95. The Balaban J connectivity index is 2.30. The zero-order chi connectivity index (χ0) is 14.1. The third kappa shape index (κ3) is 2.01. The molecule has 100 valence electrons. The maximum Gasteiger partial charge on any atom is 0.309 e. The molecule has 0 atom stereocenters. The first-order valence-corrected chi connectivity index (χ1v) is 5.94. The molecule has 0 saturated carbocycles. The van der Waals surface area contributed by atoms with Crippen LogP contribution in [-0.2, 0) is 11.2 Å². The smallest absolute Gasteiger partial charge is 0.309 e. The van der Waals surface area contributed by atoms with Gasteiger partial charge in [0.05, 0.1) is 17.8 Å². The molecule has 0 spiro atoms. The highest BCUT2D eigenvalue weighted by Gasteiger charge is 2.18. The van der Waals surface area contributed by atoms with Crippen LogP contribution >= 0.6 is 0 Å². The van der Waals surface area contributed by atoms with Gasteiger partial charge in [0.1, 0.15) is 0 Å². The van der Waals surface area contributed by atoms with E-state index in [-0.39, 0.29) is 12.1 Å². The maximum atomic E-state index is 13.8. The lowest BCUT2D eigenvalue weighted by atomic mass is 10.1. The van der Waals surface area contributed by atoms with Gasteiger partial charge in [-0.25, -0.2) is 9.37 Å². The Morgan fingerprint density at radius 3 is 2.90 bits per heavy atom. The van der Waals surface area contributed by atoms with Crippen LogP contribution in [0.15, 0.2) is 42.9 Å². The van der Waals surface area contributed by atoms with Gasteiger partial charge >= 0.3 is 5.97 Å². The zero-order valence-corrected chi connectivity index (χ0v) is 10.3. The number of pyridine rings is 2. The number of fused-ring (bicyclic) bond motifs is 1. The molecule has 0 radical (unpaired) electrons. The summed E-state index contributed by atoms with van der Waals surface area (Å²) >= 11 is 0. The van der Waals surface area contributed by atoms with Crippen molar-refractivity contribution in [2.75, 3.05) is 0 Å². The molecular weight excluding hydrogens is 261 g/mol. The molecule has 0 saturated heterocycles. The summed E-state index contributed by atoms with van der Waals surface area (Å²) < 4.78 is 15.3. The molecule has 6 heteroatoms. The van der Waals surface area contributed by atoms with Crippen LogP contribution in [0.25, 0.3) is 16.9 Å². The number of halogens is 1. The fourth-order valence-corrected chi connectivity index (χ4v) is 2.13. The zero-order valence-electron chi connectivity index (χ0n) is 10.3. The van der Waals surface area contributed by atoms with Gasteiger partial charge in [-0.2, -0.15) is 0 Å². The first kappa shape index (κ1) is 12.3. The van der Waals surface area contributed by atoms with Crippen molar-refractivity contribution in [3.05, 3.63) is 54.4 Å². The molecule has 5 nitrogen and oxygen atoms in total. The van der Waals surface area contributed by atoms with E-state index in [1.165, 1.54) is 16.5 Å². The molecule has 0 aliphatic rings. The van der Waals surface area contributed by atoms with Crippen LogP contribution in [0.1, 0.15) is 5.69 Å². The predicted octanol–water partition coefficient (Wildman–Crippen LogP) is 2.16. The Labute approximate surface area is 113 Å². The molecule has 0 unspecified atom stereocenters. The summed E-state index contributed by atoms with van der Waals surface area (Å²) in [5.41, 5.74) is 1.64. The topological polar surface area (TPSA) is 67.5 Å². The number of nitrogens with zero attached hydrogens (tertiary/aromatic N) is 3. The van der Waals surface area contributed by atoms with Crippen LogP contribution in [0.4, 0.5) is 4.39 Å². The van der Waals surface area contributed by atoms with Gasteiger partial charge in [0.25, 0.3) is 0 Å². The van der Waals surface area contributed by atoms with Gasteiger partial charge in [0, 0.05) is 24.2 Å². The maximum absolute atomic E-state index is 13.8. The van der Waals surface area contributed by atoms with E-state index < -0.39 is 11.8 Å². The van der Waals surface area contributed by atoms with Gasteiger partial charge in [-0.15, -0.1) is 0 Å². The average Bonchev–Trinajstić information content (AvgIpc) is 2.80. The summed E-state index contributed by atoms with van der Waals surface area (Å²) in [6, 6.07) is 6.29. The number of aliphatic carboxylic acids is 1. The van der Waals surface area contributed by atoms with Crippen LogP contribution in [0.5, 0.6) is 0 Å². The second kappa shape index (κ2) is 4.73. The minimum Gasteiger partial charge on any atom is -0.481 e. The number of imidazole rings is 1. The van der Waals surface area contributed by atoms with Crippen molar-refractivity contribution in [3.63, 3.8) is 0 Å². The van der Waals surface area contributed by atoms with Crippen LogP contribution in [-0.4, -0.2) is 25.4 Å². The lowest BCUT2D eigenvalue weighted by molar-refractivity contribution is -0.136. The van der Waals surface area contributed by atoms with E-state index in [1.807, 2.05) is 0 Å². The number of carboxylic acid groups (broad SMARTS) is 1. The van der Waals surface area contributed by atoms with Gasteiger partial charge in [0.2, 0.25) is 0 Å². The number of hydrogen-bond acceptors (Lipinski definition) is 3. The third-order valence-corrected chi connectivity index (χ3v) is 2.95. The molecule has 1 N–H and O–H groups in total. The molecule has 3 aromatic rings. The van der Waals surface area contributed by atoms with Gasteiger partial charge in [0.15, 0.2) is 11.5 Å². The van der Waals surface area contributed by atoms with Gasteiger partial charge in [-0.1, -0.05) is 0 Å². The van der Waals surface area contributed by atoms with Crippen LogP contribution in [0.3, 0.4) is 0 Å². The molecule has 3 aromatic heterocycles. The van der Waals surface area contributed by atoms with Crippen molar-refractivity contribution in [1.82, 2.24) is 14.4 Å². The largest absolute Gasteiger partial charge is 0.481 e. The molecule has 0 aromatic carbocycles. The highest BCUT2D eigenvalue weighted by molar-refractivity contribution is 5.75. The van der Waals surface area contributed by atoms with E-state index in [0.29, 0.717) is 17.0 Å². The monoisotopic (exact) mass is 271 g/mol. The van der Waals surface area contributed by atoms with Crippen molar-refractivity contribution < 1.29 is 14.3 Å². The SMILES string of the molecule is O=C(O)Cc1c(-c2cccnc2)nc2c(F)cccn12. The Kier molecular flexibility index (Phi) is 2.90. The second-order valence-electron chi connectivity index (χ2n) is 4.27. The summed E-state index contributed by atoms with van der Waals surface area (Å²) in [6.07, 6.45) is 4.54. The summed E-state index contributed by atoms with van der Waals surface area (Å²) in [5, 5.41) is 9.03. The summed E-state index contributed by atoms with van der Waals surface area (Å²) in [7, 11) is 0. The fraction of sp³-hybridized carbons (Fsp3) is 0.0714. The van der Waals surface area contributed by atoms with Crippen molar-refractivity contribution >= 4 is 11.6 Å². The minimum atomic E-state index is -0.999. The van der Waals surface area contributed by atoms with Gasteiger partial charge in [-0.3, -0.25) is 9.78 Å². The molecule has 20 heavy (non-hydrogen) atoms. The number of carboxylic acids is 1. The van der Waals surface area contributed by atoms with Gasteiger partial charge < -0.3 is 9.51 Å². The first-order chi connectivity index (χ1) is 9.66.